The normalized spacial score (nSPS) is 19.2. The molecule has 2 rings (SSSR count). The summed E-state index contributed by atoms with van der Waals surface area (Å²) in [5, 5.41) is 3.34. The van der Waals surface area contributed by atoms with Gasteiger partial charge in [0.2, 0.25) is 0 Å². The first-order valence-electron chi connectivity index (χ1n) is 8.90. The van der Waals surface area contributed by atoms with Crippen molar-refractivity contribution >= 4 is 42.0 Å². The first-order valence-corrected chi connectivity index (χ1v) is 8.90. The molecule has 0 aliphatic carbocycles. The Labute approximate surface area is 172 Å². The summed E-state index contributed by atoms with van der Waals surface area (Å²) in [6.07, 6.45) is 1.87. The van der Waals surface area contributed by atoms with E-state index in [-0.39, 0.29) is 42.1 Å². The van der Waals surface area contributed by atoms with E-state index in [0.717, 1.165) is 31.9 Å². The van der Waals surface area contributed by atoms with E-state index in [1.165, 1.54) is 7.11 Å². The van der Waals surface area contributed by atoms with Gasteiger partial charge in [0.25, 0.3) is 0 Å². The number of fused-ring (bicyclic) bond motifs is 1. The quantitative estimate of drug-likeness (QED) is 0.366. The number of hydrogen-bond acceptors (Lipinski definition) is 7. The van der Waals surface area contributed by atoms with Crippen molar-refractivity contribution in [2.75, 3.05) is 39.8 Å². The van der Waals surface area contributed by atoms with Crippen LogP contribution in [0.15, 0.2) is 4.99 Å². The van der Waals surface area contributed by atoms with Gasteiger partial charge in [-0.05, 0) is 33.6 Å². The lowest BCUT2D eigenvalue weighted by Crippen LogP contribution is -2.57. The Balaban J connectivity index is 0.00000338. The first-order chi connectivity index (χ1) is 11.8. The van der Waals surface area contributed by atoms with Gasteiger partial charge in [0.05, 0.1) is 19.7 Å². The van der Waals surface area contributed by atoms with Crippen molar-refractivity contribution in [3.05, 3.63) is 0 Å². The fourth-order valence-corrected chi connectivity index (χ4v) is 2.92. The minimum atomic E-state index is -0.475. The third kappa shape index (κ3) is 6.81. The van der Waals surface area contributed by atoms with E-state index in [1.54, 1.807) is 4.90 Å². The molecule has 1 N–H and O–H groups in total. The maximum atomic E-state index is 12.2. The molecule has 1 fully saturated rings. The summed E-state index contributed by atoms with van der Waals surface area (Å²) in [5.74, 6) is 0.725. The summed E-state index contributed by atoms with van der Waals surface area (Å²) in [6.45, 7) is 9.10. The first kappa shape index (κ1) is 22.8. The van der Waals surface area contributed by atoms with Gasteiger partial charge in [0.15, 0.2) is 5.96 Å². The van der Waals surface area contributed by atoms with Crippen LogP contribution in [-0.4, -0.2) is 79.3 Å². The lowest BCUT2D eigenvalue weighted by atomic mass is 10.2. The topological polar surface area (TPSA) is 83.5 Å². The molecule has 150 valence electrons. The summed E-state index contributed by atoms with van der Waals surface area (Å²) in [4.78, 5) is 31.8. The fraction of sp³-hybridized carbons (Fsp3) is 0.824. The number of rotatable bonds is 5. The molecule has 2 aliphatic rings. The van der Waals surface area contributed by atoms with Crippen molar-refractivity contribution in [2.24, 2.45) is 4.99 Å². The summed E-state index contributed by atoms with van der Waals surface area (Å²) in [5.41, 5.74) is -0.475. The Morgan fingerprint density at radius 2 is 2.00 bits per heavy atom. The molecule has 0 aromatic heterocycles. The predicted molar refractivity (Wildman–Crippen MR) is 110 cm³/mol. The Morgan fingerprint density at radius 3 is 2.65 bits per heavy atom. The molecule has 2 heterocycles. The molecular weight excluding hydrogens is 451 g/mol. The second-order valence-electron chi connectivity index (χ2n) is 7.40. The van der Waals surface area contributed by atoms with E-state index in [1.807, 2.05) is 20.8 Å². The Morgan fingerprint density at radius 1 is 1.27 bits per heavy atom. The number of piperazine rings is 1. The van der Waals surface area contributed by atoms with Gasteiger partial charge in [-0.1, -0.05) is 0 Å². The number of ether oxygens (including phenoxy) is 2. The van der Waals surface area contributed by atoms with Gasteiger partial charge in [-0.2, -0.15) is 0 Å². The molecule has 0 aromatic carbocycles. The molecule has 2 aliphatic heterocycles. The van der Waals surface area contributed by atoms with E-state index in [9.17, 15) is 9.59 Å². The highest BCUT2D eigenvalue weighted by atomic mass is 127. The molecule has 1 atom stereocenters. The number of amides is 1. The van der Waals surface area contributed by atoms with Crippen molar-refractivity contribution < 1.29 is 19.1 Å². The van der Waals surface area contributed by atoms with Gasteiger partial charge in [-0.25, -0.2) is 4.79 Å². The van der Waals surface area contributed by atoms with Crippen molar-refractivity contribution in [1.29, 1.82) is 0 Å². The van der Waals surface area contributed by atoms with Gasteiger partial charge in [-0.15, -0.1) is 24.0 Å². The van der Waals surface area contributed by atoms with Crippen LogP contribution in [0.25, 0.3) is 0 Å². The van der Waals surface area contributed by atoms with E-state index >= 15 is 0 Å². The van der Waals surface area contributed by atoms with Crippen LogP contribution in [0.5, 0.6) is 0 Å². The molecule has 0 saturated carbocycles. The molecule has 0 radical (unpaired) electrons. The maximum absolute atomic E-state index is 12.2. The van der Waals surface area contributed by atoms with Crippen LogP contribution in [0.1, 0.15) is 40.0 Å². The number of nitrogens with one attached hydrogen (secondary N) is 1. The molecule has 0 bridgehead atoms. The standard InChI is InChI=1S/C17H30N4O4.HI/c1-17(2,3)25-16(23)20-9-10-21-13(12-20)11-19-15(21)18-8-6-5-7-14(22)24-4;/h13H,5-12H2,1-4H3,(H,18,19);1H. The molecular formula is C17H31IN4O4. The van der Waals surface area contributed by atoms with E-state index < -0.39 is 5.60 Å². The zero-order chi connectivity index (χ0) is 18.4. The number of hydrogen-bond donors (Lipinski definition) is 1. The Bertz CT molecular complexity index is 521. The zero-order valence-corrected chi connectivity index (χ0v) is 18.4. The van der Waals surface area contributed by atoms with Crippen molar-refractivity contribution in [2.45, 2.75) is 51.7 Å². The zero-order valence-electron chi connectivity index (χ0n) is 16.1. The summed E-state index contributed by atoms with van der Waals surface area (Å²) >= 11 is 0. The Hall–Kier alpha value is -1.26. The number of halogens is 1. The molecule has 26 heavy (non-hydrogen) atoms. The SMILES string of the molecule is COC(=O)CCCCNC1=NCC2CN(C(=O)OC(C)(C)C)CCN12.I. The van der Waals surface area contributed by atoms with Crippen LogP contribution < -0.4 is 5.32 Å². The van der Waals surface area contributed by atoms with Crippen molar-refractivity contribution in [1.82, 2.24) is 15.1 Å². The molecule has 0 aromatic rings. The number of unbranched alkanes of at least 4 members (excludes halogenated alkanes) is 1. The second-order valence-corrected chi connectivity index (χ2v) is 7.40. The molecule has 9 heteroatoms. The summed E-state index contributed by atoms with van der Waals surface area (Å²) in [7, 11) is 1.41. The predicted octanol–water partition coefficient (Wildman–Crippen LogP) is 1.83. The van der Waals surface area contributed by atoms with Crippen LogP contribution in [0.4, 0.5) is 4.79 Å². The van der Waals surface area contributed by atoms with Crippen LogP contribution in [-0.2, 0) is 14.3 Å². The molecule has 1 amide bonds. The number of carbonyl (C=O) groups excluding carboxylic acids is 2. The number of esters is 1. The fourth-order valence-electron chi connectivity index (χ4n) is 2.92. The second kappa shape index (κ2) is 10.2. The molecule has 0 spiro atoms. The smallest absolute Gasteiger partial charge is 0.410 e. The average Bonchev–Trinajstić information content (AvgIpc) is 2.95. The number of guanidine groups is 1. The molecule has 1 unspecified atom stereocenters. The third-order valence-corrected chi connectivity index (χ3v) is 4.18. The van der Waals surface area contributed by atoms with Crippen LogP contribution in [0, 0.1) is 0 Å². The lowest BCUT2D eigenvalue weighted by Gasteiger charge is -2.39. The monoisotopic (exact) mass is 482 g/mol. The number of carbonyl (C=O) groups is 2. The summed E-state index contributed by atoms with van der Waals surface area (Å²) in [6, 6.07) is 0.207. The van der Waals surface area contributed by atoms with Crippen LogP contribution in [0.2, 0.25) is 0 Å². The van der Waals surface area contributed by atoms with Gasteiger partial charge < -0.3 is 24.6 Å². The molecule has 1 saturated heterocycles. The van der Waals surface area contributed by atoms with E-state index in [2.05, 4.69) is 19.9 Å². The van der Waals surface area contributed by atoms with Gasteiger partial charge in [0, 0.05) is 32.6 Å². The number of methoxy groups -OCH3 is 1. The largest absolute Gasteiger partial charge is 0.469 e. The van der Waals surface area contributed by atoms with Gasteiger partial charge >= 0.3 is 12.1 Å². The van der Waals surface area contributed by atoms with Gasteiger partial charge in [-0.3, -0.25) is 9.79 Å². The van der Waals surface area contributed by atoms with Crippen LogP contribution in [0.3, 0.4) is 0 Å². The average molecular weight is 482 g/mol. The summed E-state index contributed by atoms with van der Waals surface area (Å²) < 4.78 is 10.1. The molecule has 8 nitrogen and oxygen atoms in total. The lowest BCUT2D eigenvalue weighted by molar-refractivity contribution is -0.140. The Kier molecular flexibility index (Phi) is 8.91. The highest BCUT2D eigenvalue weighted by molar-refractivity contribution is 14.0. The maximum Gasteiger partial charge on any atom is 0.410 e. The number of nitrogens with zero attached hydrogens (tertiary/aromatic N) is 3. The van der Waals surface area contributed by atoms with E-state index in [4.69, 9.17) is 4.74 Å². The van der Waals surface area contributed by atoms with Crippen molar-refractivity contribution in [3.8, 4) is 0 Å². The van der Waals surface area contributed by atoms with Gasteiger partial charge in [0.1, 0.15) is 5.60 Å². The van der Waals surface area contributed by atoms with Crippen molar-refractivity contribution in [3.63, 3.8) is 0 Å². The minimum Gasteiger partial charge on any atom is -0.469 e. The van der Waals surface area contributed by atoms with E-state index in [0.29, 0.717) is 26.1 Å². The highest BCUT2D eigenvalue weighted by Gasteiger charge is 2.36. The minimum absolute atomic E-state index is 0. The van der Waals surface area contributed by atoms with Crippen LogP contribution >= 0.6 is 24.0 Å². The third-order valence-electron chi connectivity index (χ3n) is 4.18. The highest BCUT2D eigenvalue weighted by Crippen LogP contribution is 2.18. The number of aliphatic imine (C=N–C) groups is 1.